The van der Waals surface area contributed by atoms with Gasteiger partial charge in [-0.2, -0.15) is 8.70 Å². The highest BCUT2D eigenvalue weighted by atomic mass is 32.2. The van der Waals surface area contributed by atoms with Crippen molar-refractivity contribution in [2.45, 2.75) is 10.9 Å². The Labute approximate surface area is 109 Å². The van der Waals surface area contributed by atoms with Gasteiger partial charge in [0, 0.05) is 26.2 Å². The molecule has 1 aromatic carbocycles. The van der Waals surface area contributed by atoms with Crippen LogP contribution in [0.4, 0.5) is 10.1 Å². The highest BCUT2D eigenvalue weighted by molar-refractivity contribution is 7.89. The molecule has 0 saturated carbocycles. The predicted octanol–water partition coefficient (Wildman–Crippen LogP) is 0.326. The molecule has 1 N–H and O–H groups in total. The van der Waals surface area contributed by atoms with Gasteiger partial charge >= 0.3 is 5.69 Å². The fourth-order valence-electron chi connectivity index (χ4n) is 1.76. The van der Waals surface area contributed by atoms with Crippen LogP contribution in [0.3, 0.4) is 0 Å². The Morgan fingerprint density at radius 1 is 1.47 bits per heavy atom. The maximum Gasteiger partial charge on any atom is 0.324 e. The van der Waals surface area contributed by atoms with E-state index in [1.807, 2.05) is 0 Å². The van der Waals surface area contributed by atoms with Gasteiger partial charge in [0.25, 0.3) is 0 Å². The Kier molecular flexibility index (Phi) is 3.52. The van der Waals surface area contributed by atoms with Crippen LogP contribution in [0.1, 0.15) is 0 Å². The Morgan fingerprint density at radius 2 is 2.11 bits per heavy atom. The van der Waals surface area contributed by atoms with Gasteiger partial charge in [-0.1, -0.05) is 6.07 Å². The van der Waals surface area contributed by atoms with Crippen LogP contribution in [0.15, 0.2) is 23.1 Å². The second-order valence-electron chi connectivity index (χ2n) is 4.18. The number of hydrogen-bond donors (Lipinski definition) is 1. The molecule has 1 aliphatic rings. The van der Waals surface area contributed by atoms with Crippen molar-refractivity contribution in [3.05, 3.63) is 34.1 Å². The van der Waals surface area contributed by atoms with Crippen LogP contribution in [0.5, 0.6) is 0 Å². The van der Waals surface area contributed by atoms with Crippen molar-refractivity contribution in [2.75, 3.05) is 20.1 Å². The van der Waals surface area contributed by atoms with Gasteiger partial charge < -0.3 is 5.32 Å². The SMILES string of the molecule is CN(C1CNC1)S(=O)(=O)c1cccc(F)c1[N+](=O)[O-]. The number of nitro groups is 1. The summed E-state index contributed by atoms with van der Waals surface area (Å²) < 4.78 is 39.0. The second kappa shape index (κ2) is 4.83. The van der Waals surface area contributed by atoms with Crippen molar-refractivity contribution in [1.82, 2.24) is 9.62 Å². The zero-order valence-electron chi connectivity index (χ0n) is 10.0. The molecule has 7 nitrogen and oxygen atoms in total. The largest absolute Gasteiger partial charge is 0.324 e. The van der Waals surface area contributed by atoms with Gasteiger partial charge in [0.15, 0.2) is 4.90 Å². The molecule has 1 aromatic rings. The number of nitro benzene ring substituents is 1. The Hall–Kier alpha value is -1.58. The molecular weight excluding hydrogens is 277 g/mol. The van der Waals surface area contributed by atoms with Crippen molar-refractivity contribution < 1.29 is 17.7 Å². The van der Waals surface area contributed by atoms with Gasteiger partial charge in [0.1, 0.15) is 0 Å². The van der Waals surface area contributed by atoms with Crippen molar-refractivity contribution in [1.29, 1.82) is 0 Å². The average molecular weight is 289 g/mol. The van der Waals surface area contributed by atoms with E-state index in [1.165, 1.54) is 7.05 Å². The maximum atomic E-state index is 13.5. The minimum absolute atomic E-state index is 0.270. The van der Waals surface area contributed by atoms with E-state index in [0.29, 0.717) is 13.1 Å². The number of hydrogen-bond acceptors (Lipinski definition) is 5. The first kappa shape index (κ1) is 13.8. The molecule has 19 heavy (non-hydrogen) atoms. The summed E-state index contributed by atoms with van der Waals surface area (Å²) in [6, 6.07) is 2.77. The van der Waals surface area contributed by atoms with Crippen LogP contribution in [-0.2, 0) is 10.0 Å². The molecule has 0 radical (unpaired) electrons. The molecule has 1 aliphatic heterocycles. The molecule has 0 aromatic heterocycles. The summed E-state index contributed by atoms with van der Waals surface area (Å²) in [6.07, 6.45) is 0. The summed E-state index contributed by atoms with van der Waals surface area (Å²) in [5.74, 6) is -1.16. The quantitative estimate of drug-likeness (QED) is 0.637. The molecule has 1 fully saturated rings. The second-order valence-corrected chi connectivity index (χ2v) is 6.14. The number of nitrogens with zero attached hydrogens (tertiary/aromatic N) is 2. The lowest BCUT2D eigenvalue weighted by Gasteiger charge is -2.34. The van der Waals surface area contributed by atoms with Crippen LogP contribution in [-0.4, -0.2) is 43.8 Å². The maximum absolute atomic E-state index is 13.5. The summed E-state index contributed by atoms with van der Waals surface area (Å²) in [5.41, 5.74) is -1.01. The summed E-state index contributed by atoms with van der Waals surface area (Å²) in [4.78, 5) is 9.20. The van der Waals surface area contributed by atoms with Crippen molar-refractivity contribution in [2.24, 2.45) is 0 Å². The molecule has 1 saturated heterocycles. The topological polar surface area (TPSA) is 92.6 Å². The Morgan fingerprint density at radius 3 is 2.58 bits per heavy atom. The van der Waals surface area contributed by atoms with Crippen molar-refractivity contribution in [3.8, 4) is 0 Å². The van der Waals surface area contributed by atoms with E-state index in [4.69, 9.17) is 0 Å². The standard InChI is InChI=1S/C10H12FN3O4S/c1-13(7-5-12-6-7)19(17,18)9-4-2-3-8(11)10(9)14(15)16/h2-4,7,12H,5-6H2,1H3. The molecule has 0 amide bonds. The van der Waals surface area contributed by atoms with E-state index in [0.717, 1.165) is 22.5 Å². The van der Waals surface area contributed by atoms with Crippen LogP contribution in [0, 0.1) is 15.9 Å². The zero-order valence-corrected chi connectivity index (χ0v) is 10.9. The lowest BCUT2D eigenvalue weighted by Crippen LogP contribution is -2.57. The van der Waals surface area contributed by atoms with Crippen LogP contribution in [0.25, 0.3) is 0 Å². The van der Waals surface area contributed by atoms with E-state index < -0.39 is 31.3 Å². The molecule has 0 spiro atoms. The van der Waals surface area contributed by atoms with E-state index in [9.17, 15) is 22.9 Å². The first-order chi connectivity index (χ1) is 8.85. The lowest BCUT2D eigenvalue weighted by atomic mass is 10.2. The van der Waals surface area contributed by atoms with E-state index in [2.05, 4.69) is 5.32 Å². The summed E-state index contributed by atoms with van der Waals surface area (Å²) >= 11 is 0. The van der Waals surface area contributed by atoms with Gasteiger partial charge in [0.05, 0.1) is 4.92 Å². The molecule has 0 bridgehead atoms. The number of para-hydroxylation sites is 1. The third kappa shape index (κ3) is 2.31. The monoisotopic (exact) mass is 289 g/mol. The van der Waals surface area contributed by atoms with E-state index >= 15 is 0 Å². The minimum Gasteiger partial charge on any atom is -0.313 e. The number of likely N-dealkylation sites (N-methyl/N-ethyl adjacent to an activating group) is 1. The van der Waals surface area contributed by atoms with Gasteiger partial charge in [-0.05, 0) is 12.1 Å². The number of halogens is 1. The van der Waals surface area contributed by atoms with Gasteiger partial charge in [-0.3, -0.25) is 10.1 Å². The normalized spacial score (nSPS) is 16.4. The van der Waals surface area contributed by atoms with Gasteiger partial charge in [-0.25, -0.2) is 8.42 Å². The highest BCUT2D eigenvalue weighted by Crippen LogP contribution is 2.29. The van der Waals surface area contributed by atoms with Crippen molar-refractivity contribution in [3.63, 3.8) is 0 Å². The average Bonchev–Trinajstić information content (AvgIpc) is 2.25. The van der Waals surface area contributed by atoms with Gasteiger partial charge in [-0.15, -0.1) is 0 Å². The van der Waals surface area contributed by atoms with E-state index in [1.54, 1.807) is 0 Å². The summed E-state index contributed by atoms with van der Waals surface area (Å²) in [5, 5.41) is 13.7. The fraction of sp³-hybridized carbons (Fsp3) is 0.400. The molecular formula is C10H12FN3O4S. The van der Waals surface area contributed by atoms with Crippen LogP contribution in [0.2, 0.25) is 0 Å². The Balaban J connectivity index is 2.51. The van der Waals surface area contributed by atoms with E-state index in [-0.39, 0.29) is 6.04 Å². The molecule has 1 heterocycles. The Bertz CT molecular complexity index is 615. The number of sulfonamides is 1. The zero-order chi connectivity index (χ0) is 14.2. The first-order valence-corrected chi connectivity index (χ1v) is 6.91. The molecule has 0 aliphatic carbocycles. The minimum atomic E-state index is -4.09. The predicted molar refractivity (Wildman–Crippen MR) is 64.7 cm³/mol. The highest BCUT2D eigenvalue weighted by Gasteiger charge is 2.37. The lowest BCUT2D eigenvalue weighted by molar-refractivity contribution is -0.390. The summed E-state index contributed by atoms with van der Waals surface area (Å²) in [7, 11) is -2.76. The number of nitrogens with one attached hydrogen (secondary N) is 1. The third-order valence-electron chi connectivity index (χ3n) is 3.06. The molecule has 9 heteroatoms. The molecule has 0 unspecified atom stereocenters. The van der Waals surface area contributed by atoms with Crippen molar-refractivity contribution >= 4 is 15.7 Å². The third-order valence-corrected chi connectivity index (χ3v) is 5.01. The number of benzene rings is 1. The van der Waals surface area contributed by atoms with Gasteiger partial charge in [0.2, 0.25) is 15.8 Å². The molecule has 2 rings (SSSR count). The first-order valence-electron chi connectivity index (χ1n) is 5.47. The van der Waals surface area contributed by atoms with Crippen LogP contribution >= 0.6 is 0 Å². The van der Waals surface area contributed by atoms with Crippen LogP contribution < -0.4 is 5.32 Å². The fourth-order valence-corrected chi connectivity index (χ4v) is 3.28. The number of rotatable bonds is 4. The molecule has 0 atom stereocenters. The summed E-state index contributed by atoms with van der Waals surface area (Å²) in [6.45, 7) is 0.942. The smallest absolute Gasteiger partial charge is 0.313 e. The molecule has 104 valence electrons.